The fourth-order valence-corrected chi connectivity index (χ4v) is 2.73. The van der Waals surface area contributed by atoms with Crippen LogP contribution in [0.15, 0.2) is 22.7 Å². The van der Waals surface area contributed by atoms with E-state index in [1.165, 1.54) is 0 Å². The fourth-order valence-electron chi connectivity index (χ4n) is 1.97. The Morgan fingerprint density at radius 2 is 2.00 bits per heavy atom. The largest absolute Gasteiger partial charge is 0.481 e. The number of carboxylic acid groups (broad SMARTS) is 1. The lowest BCUT2D eigenvalue weighted by Crippen LogP contribution is -2.35. The summed E-state index contributed by atoms with van der Waals surface area (Å²) in [7, 11) is 0. The van der Waals surface area contributed by atoms with Gasteiger partial charge in [-0.05, 0) is 30.0 Å². The van der Waals surface area contributed by atoms with Crippen LogP contribution in [0.25, 0.3) is 0 Å². The van der Waals surface area contributed by atoms with Crippen molar-refractivity contribution in [3.8, 4) is 0 Å². The van der Waals surface area contributed by atoms with Gasteiger partial charge in [-0.1, -0.05) is 48.3 Å². The van der Waals surface area contributed by atoms with Crippen molar-refractivity contribution in [1.29, 1.82) is 0 Å². The first-order valence-electron chi connectivity index (χ1n) is 6.56. The monoisotopic (exact) mass is 375 g/mol. The van der Waals surface area contributed by atoms with Gasteiger partial charge in [0.05, 0.1) is 16.5 Å². The molecule has 0 saturated heterocycles. The number of hydrogen-bond acceptors (Lipinski definition) is 2. The molecule has 2 N–H and O–H groups in total. The molecule has 1 unspecified atom stereocenters. The van der Waals surface area contributed by atoms with E-state index in [1.54, 1.807) is 18.2 Å². The number of carboxylic acids is 1. The van der Waals surface area contributed by atoms with E-state index in [2.05, 4.69) is 21.2 Å². The number of benzene rings is 1. The molecule has 21 heavy (non-hydrogen) atoms. The summed E-state index contributed by atoms with van der Waals surface area (Å²) in [5.41, 5.74) is 0.211. The standard InChI is InChI=1S/C15H19BrClNO3/c1-15(2,3)7-9(14(20)21)8-18-13(19)11-5-4-10(16)6-12(11)17/h4-6,9H,7-8H2,1-3H3,(H,18,19)(H,20,21). The zero-order chi connectivity index (χ0) is 16.2. The lowest BCUT2D eigenvalue weighted by atomic mass is 9.84. The number of carbonyl (C=O) groups excluding carboxylic acids is 1. The third kappa shape index (κ3) is 6.06. The van der Waals surface area contributed by atoms with Crippen molar-refractivity contribution in [1.82, 2.24) is 5.32 Å². The van der Waals surface area contributed by atoms with Crippen molar-refractivity contribution in [2.24, 2.45) is 11.3 Å². The van der Waals surface area contributed by atoms with Crippen molar-refractivity contribution >= 4 is 39.4 Å². The van der Waals surface area contributed by atoms with Crippen LogP contribution in [0.5, 0.6) is 0 Å². The molecule has 1 aromatic rings. The minimum atomic E-state index is -0.910. The van der Waals surface area contributed by atoms with Crippen molar-refractivity contribution in [3.05, 3.63) is 33.3 Å². The summed E-state index contributed by atoms with van der Waals surface area (Å²) >= 11 is 9.27. The van der Waals surface area contributed by atoms with Gasteiger partial charge in [-0.25, -0.2) is 0 Å². The van der Waals surface area contributed by atoms with Crippen LogP contribution in [0.3, 0.4) is 0 Å². The van der Waals surface area contributed by atoms with Gasteiger partial charge in [0.25, 0.3) is 5.91 Å². The molecular formula is C15H19BrClNO3. The third-order valence-corrected chi connectivity index (χ3v) is 3.70. The zero-order valence-corrected chi connectivity index (χ0v) is 14.6. The molecule has 0 fully saturated rings. The number of halogens is 2. The van der Waals surface area contributed by atoms with Gasteiger partial charge in [0.15, 0.2) is 0 Å². The highest BCUT2D eigenvalue weighted by Crippen LogP contribution is 2.25. The minimum absolute atomic E-state index is 0.0812. The van der Waals surface area contributed by atoms with Crippen molar-refractivity contribution in [2.45, 2.75) is 27.2 Å². The number of nitrogens with one attached hydrogen (secondary N) is 1. The summed E-state index contributed by atoms with van der Waals surface area (Å²) in [6.07, 6.45) is 0.483. The molecule has 1 aromatic carbocycles. The zero-order valence-electron chi connectivity index (χ0n) is 12.2. The Kier molecular flexibility index (Phi) is 6.23. The van der Waals surface area contributed by atoms with Gasteiger partial charge in [0.2, 0.25) is 0 Å². The molecule has 0 bridgehead atoms. The molecule has 0 radical (unpaired) electrons. The topological polar surface area (TPSA) is 66.4 Å². The first-order chi connectivity index (χ1) is 9.60. The summed E-state index contributed by atoms with van der Waals surface area (Å²) in [4.78, 5) is 23.3. The smallest absolute Gasteiger partial charge is 0.308 e. The maximum Gasteiger partial charge on any atom is 0.308 e. The summed E-state index contributed by atoms with van der Waals surface area (Å²) in [6, 6.07) is 4.94. The van der Waals surface area contributed by atoms with Crippen LogP contribution >= 0.6 is 27.5 Å². The molecule has 0 spiro atoms. The van der Waals surface area contributed by atoms with Crippen molar-refractivity contribution in [2.75, 3.05) is 6.54 Å². The highest BCUT2D eigenvalue weighted by atomic mass is 79.9. The van der Waals surface area contributed by atoms with Crippen LogP contribution < -0.4 is 5.32 Å². The number of carbonyl (C=O) groups is 2. The van der Waals surface area contributed by atoms with Gasteiger partial charge < -0.3 is 10.4 Å². The van der Waals surface area contributed by atoms with Crippen molar-refractivity contribution in [3.63, 3.8) is 0 Å². The summed E-state index contributed by atoms with van der Waals surface area (Å²) in [5, 5.41) is 12.2. The number of amides is 1. The molecule has 116 valence electrons. The van der Waals surface area contributed by atoms with E-state index in [0.717, 1.165) is 4.47 Å². The molecule has 0 saturated carbocycles. The average molecular weight is 377 g/mol. The average Bonchev–Trinajstić information content (AvgIpc) is 2.32. The van der Waals surface area contributed by atoms with E-state index in [9.17, 15) is 14.7 Å². The predicted octanol–water partition coefficient (Wildman–Crippen LogP) is 3.97. The Balaban J connectivity index is 2.71. The second-order valence-corrected chi connectivity index (χ2v) is 7.46. The van der Waals surface area contributed by atoms with E-state index in [4.69, 9.17) is 11.6 Å². The van der Waals surface area contributed by atoms with Gasteiger partial charge >= 0.3 is 5.97 Å². The Morgan fingerprint density at radius 3 is 2.48 bits per heavy atom. The Morgan fingerprint density at radius 1 is 1.38 bits per heavy atom. The maximum absolute atomic E-state index is 12.1. The normalized spacial score (nSPS) is 12.8. The first-order valence-corrected chi connectivity index (χ1v) is 7.73. The van der Waals surface area contributed by atoms with Gasteiger partial charge in [-0.2, -0.15) is 0 Å². The fraction of sp³-hybridized carbons (Fsp3) is 0.467. The molecule has 1 atom stereocenters. The molecule has 0 aromatic heterocycles. The van der Waals surface area contributed by atoms with Crippen LogP contribution in [0.2, 0.25) is 5.02 Å². The van der Waals surface area contributed by atoms with Crippen molar-refractivity contribution < 1.29 is 14.7 Å². The summed E-state index contributed by atoms with van der Waals surface area (Å²) in [6.45, 7) is 5.99. The lowest BCUT2D eigenvalue weighted by Gasteiger charge is -2.23. The van der Waals surface area contributed by atoms with Crippen LogP contribution in [0, 0.1) is 11.3 Å². The molecule has 4 nitrogen and oxygen atoms in total. The highest BCUT2D eigenvalue weighted by Gasteiger charge is 2.25. The second kappa shape index (κ2) is 7.27. The van der Waals surface area contributed by atoms with Gasteiger partial charge in [0, 0.05) is 11.0 Å². The van der Waals surface area contributed by atoms with E-state index in [0.29, 0.717) is 17.0 Å². The molecule has 1 rings (SSSR count). The SMILES string of the molecule is CC(C)(C)CC(CNC(=O)c1ccc(Br)cc1Cl)C(=O)O. The Labute approximate surface area is 138 Å². The van der Waals surface area contributed by atoms with Gasteiger partial charge in [-0.15, -0.1) is 0 Å². The van der Waals surface area contributed by atoms with Gasteiger partial charge in [-0.3, -0.25) is 9.59 Å². The van der Waals surface area contributed by atoms with Crippen LogP contribution in [0.1, 0.15) is 37.6 Å². The van der Waals surface area contributed by atoms with E-state index in [-0.39, 0.29) is 17.9 Å². The van der Waals surface area contributed by atoms with Gasteiger partial charge in [0.1, 0.15) is 0 Å². The summed E-state index contributed by atoms with van der Waals surface area (Å²) in [5.74, 6) is -1.90. The molecule has 0 aliphatic carbocycles. The maximum atomic E-state index is 12.1. The molecule has 0 aliphatic heterocycles. The van der Waals surface area contributed by atoms with Crippen LogP contribution in [-0.4, -0.2) is 23.5 Å². The number of aliphatic carboxylic acids is 1. The molecular weight excluding hydrogens is 358 g/mol. The predicted molar refractivity (Wildman–Crippen MR) is 86.7 cm³/mol. The van der Waals surface area contributed by atoms with Crippen LogP contribution in [0.4, 0.5) is 0 Å². The molecule has 0 aliphatic rings. The Hall–Kier alpha value is -1.07. The minimum Gasteiger partial charge on any atom is -0.481 e. The quantitative estimate of drug-likeness (QED) is 0.817. The lowest BCUT2D eigenvalue weighted by molar-refractivity contribution is -0.142. The first kappa shape index (κ1) is 18.0. The van der Waals surface area contributed by atoms with E-state index in [1.807, 2.05) is 20.8 Å². The molecule has 1 amide bonds. The Bertz CT molecular complexity index is 540. The summed E-state index contributed by atoms with van der Waals surface area (Å²) < 4.78 is 0.778. The highest BCUT2D eigenvalue weighted by molar-refractivity contribution is 9.10. The van der Waals surface area contributed by atoms with E-state index < -0.39 is 11.9 Å². The molecule has 6 heteroatoms. The van der Waals surface area contributed by atoms with E-state index >= 15 is 0 Å². The van der Waals surface area contributed by atoms with Crippen LogP contribution in [-0.2, 0) is 4.79 Å². The second-order valence-electron chi connectivity index (χ2n) is 6.13. The molecule has 0 heterocycles. The number of rotatable bonds is 5. The number of hydrogen-bond donors (Lipinski definition) is 2. The third-order valence-electron chi connectivity index (χ3n) is 2.89.